The van der Waals surface area contributed by atoms with Gasteiger partial charge in [-0.3, -0.25) is 0 Å². The third-order valence-electron chi connectivity index (χ3n) is 1.70. The molecule has 0 amide bonds. The van der Waals surface area contributed by atoms with Crippen molar-refractivity contribution < 1.29 is 9.23 Å². The molecule has 0 aliphatic heterocycles. The lowest BCUT2D eigenvalue weighted by Gasteiger charge is -2.05. The van der Waals surface area contributed by atoms with Crippen molar-refractivity contribution in [2.45, 2.75) is 13.5 Å². The molecule has 0 saturated heterocycles. The zero-order chi connectivity index (χ0) is 10.4. The number of halogens is 1. The monoisotopic (exact) mass is 194 g/mol. The Bertz CT molecular complexity index is 346. The highest BCUT2D eigenvalue weighted by Gasteiger charge is 2.02. The van der Waals surface area contributed by atoms with Gasteiger partial charge in [-0.2, -0.15) is 10.7 Å². The second kappa shape index (κ2) is 5.32. The van der Waals surface area contributed by atoms with Crippen molar-refractivity contribution in [3.8, 4) is 6.07 Å². The summed E-state index contributed by atoms with van der Waals surface area (Å²) >= 11 is 0. The Morgan fingerprint density at radius 1 is 1.57 bits per heavy atom. The van der Waals surface area contributed by atoms with Crippen LogP contribution >= 0.6 is 0 Å². The molecule has 1 rings (SSSR count). The molecule has 0 bridgehead atoms. The van der Waals surface area contributed by atoms with E-state index in [0.717, 1.165) is 0 Å². The van der Waals surface area contributed by atoms with Gasteiger partial charge in [-0.05, 0) is 30.7 Å². The molecular weight excluding hydrogens is 183 g/mol. The second-order valence-electron chi connectivity index (χ2n) is 2.67. The number of nitriles is 1. The maximum atomic E-state index is 12.8. The van der Waals surface area contributed by atoms with Crippen LogP contribution in [0.15, 0.2) is 18.2 Å². The third-order valence-corrected chi connectivity index (χ3v) is 1.70. The van der Waals surface area contributed by atoms with Gasteiger partial charge >= 0.3 is 0 Å². The average Bonchev–Trinajstić information content (AvgIpc) is 2.19. The summed E-state index contributed by atoms with van der Waals surface area (Å²) < 4.78 is 12.8. The molecule has 4 heteroatoms. The molecule has 0 aliphatic rings. The van der Waals surface area contributed by atoms with Crippen LogP contribution in [0.25, 0.3) is 0 Å². The van der Waals surface area contributed by atoms with Gasteiger partial charge in [-0.25, -0.2) is 4.39 Å². The summed E-state index contributed by atoms with van der Waals surface area (Å²) in [5.74, 6) is -0.350. The molecule has 0 heterocycles. The standard InChI is InChI=1S/C10H11FN2O/c1-2-14-13-7-9-5-10(11)4-3-8(9)6-12/h3-5,13H,2,7H2,1H3. The first-order chi connectivity index (χ1) is 6.77. The normalized spacial score (nSPS) is 9.79. The van der Waals surface area contributed by atoms with Crippen LogP contribution in [0.3, 0.4) is 0 Å². The fraction of sp³-hybridized carbons (Fsp3) is 0.300. The fourth-order valence-corrected chi connectivity index (χ4v) is 1.05. The number of hydrogen-bond acceptors (Lipinski definition) is 3. The number of rotatable bonds is 4. The van der Waals surface area contributed by atoms with Gasteiger partial charge in [0.1, 0.15) is 5.82 Å². The second-order valence-corrected chi connectivity index (χ2v) is 2.67. The lowest BCUT2D eigenvalue weighted by Crippen LogP contribution is -2.14. The van der Waals surface area contributed by atoms with Gasteiger partial charge in [0.2, 0.25) is 0 Å². The van der Waals surface area contributed by atoms with Gasteiger partial charge in [-0.15, -0.1) is 0 Å². The molecule has 0 spiro atoms. The minimum absolute atomic E-state index is 0.328. The predicted octanol–water partition coefficient (Wildman–Crippen LogP) is 1.74. The lowest BCUT2D eigenvalue weighted by molar-refractivity contribution is 0.0462. The van der Waals surface area contributed by atoms with Crippen LogP contribution in [0.4, 0.5) is 4.39 Å². The first-order valence-electron chi connectivity index (χ1n) is 4.31. The maximum Gasteiger partial charge on any atom is 0.123 e. The smallest absolute Gasteiger partial charge is 0.123 e. The number of hydroxylamine groups is 1. The molecule has 14 heavy (non-hydrogen) atoms. The summed E-state index contributed by atoms with van der Waals surface area (Å²) in [4.78, 5) is 4.89. The van der Waals surface area contributed by atoms with Crippen LogP contribution in [-0.2, 0) is 11.4 Å². The molecule has 1 N–H and O–H groups in total. The maximum absolute atomic E-state index is 12.8. The first-order valence-corrected chi connectivity index (χ1v) is 4.31. The number of nitrogens with one attached hydrogen (secondary N) is 1. The van der Waals surface area contributed by atoms with E-state index in [9.17, 15) is 4.39 Å². The summed E-state index contributed by atoms with van der Waals surface area (Å²) in [6.45, 7) is 2.69. The molecule has 0 fully saturated rings. The van der Waals surface area contributed by atoms with E-state index in [4.69, 9.17) is 10.1 Å². The largest absolute Gasteiger partial charge is 0.302 e. The third kappa shape index (κ3) is 2.80. The van der Waals surface area contributed by atoms with Crippen LogP contribution < -0.4 is 5.48 Å². The number of nitrogens with zero attached hydrogens (tertiary/aromatic N) is 1. The minimum Gasteiger partial charge on any atom is -0.302 e. The molecule has 0 atom stereocenters. The van der Waals surface area contributed by atoms with Crippen molar-refractivity contribution in [3.05, 3.63) is 35.1 Å². The summed E-state index contributed by atoms with van der Waals surface area (Å²) in [7, 11) is 0. The van der Waals surface area contributed by atoms with Crippen molar-refractivity contribution in [2.75, 3.05) is 6.61 Å². The van der Waals surface area contributed by atoms with E-state index in [1.165, 1.54) is 18.2 Å². The summed E-state index contributed by atoms with van der Waals surface area (Å²) in [5.41, 5.74) is 3.69. The molecule has 0 radical (unpaired) electrons. The van der Waals surface area contributed by atoms with Crippen LogP contribution in [0.1, 0.15) is 18.1 Å². The lowest BCUT2D eigenvalue weighted by atomic mass is 10.1. The molecule has 0 aliphatic carbocycles. The Morgan fingerprint density at radius 3 is 3.00 bits per heavy atom. The van der Waals surface area contributed by atoms with Crippen molar-refractivity contribution in [3.63, 3.8) is 0 Å². The zero-order valence-corrected chi connectivity index (χ0v) is 7.88. The van der Waals surface area contributed by atoms with Crippen LogP contribution in [-0.4, -0.2) is 6.61 Å². The first kappa shape index (κ1) is 10.6. The Balaban J connectivity index is 2.73. The van der Waals surface area contributed by atoms with Crippen molar-refractivity contribution in [2.24, 2.45) is 0 Å². The molecule has 74 valence electrons. The van der Waals surface area contributed by atoms with E-state index in [1.807, 2.05) is 13.0 Å². The highest BCUT2D eigenvalue weighted by molar-refractivity contribution is 5.37. The summed E-state index contributed by atoms with van der Waals surface area (Å²) in [5, 5.41) is 8.72. The summed E-state index contributed by atoms with van der Waals surface area (Å²) in [6.07, 6.45) is 0. The summed E-state index contributed by atoms with van der Waals surface area (Å²) in [6, 6.07) is 6.03. The van der Waals surface area contributed by atoms with Gasteiger partial charge in [-0.1, -0.05) is 0 Å². The molecule has 0 unspecified atom stereocenters. The molecule has 0 saturated carbocycles. The molecule has 0 aromatic heterocycles. The van der Waals surface area contributed by atoms with E-state index in [2.05, 4.69) is 5.48 Å². The number of hydrogen-bond donors (Lipinski definition) is 1. The Labute approximate surface area is 82.1 Å². The van der Waals surface area contributed by atoms with E-state index in [1.54, 1.807) is 0 Å². The molecule has 1 aromatic rings. The van der Waals surface area contributed by atoms with Crippen molar-refractivity contribution >= 4 is 0 Å². The number of benzene rings is 1. The van der Waals surface area contributed by atoms with Gasteiger partial charge in [0, 0.05) is 6.54 Å². The van der Waals surface area contributed by atoms with Crippen molar-refractivity contribution in [1.82, 2.24) is 5.48 Å². The van der Waals surface area contributed by atoms with Crippen LogP contribution in [0, 0.1) is 17.1 Å². The van der Waals surface area contributed by atoms with Crippen LogP contribution in [0.2, 0.25) is 0 Å². The van der Waals surface area contributed by atoms with E-state index >= 15 is 0 Å². The Hall–Kier alpha value is -1.44. The van der Waals surface area contributed by atoms with Gasteiger partial charge in [0.05, 0.1) is 18.2 Å². The van der Waals surface area contributed by atoms with E-state index in [-0.39, 0.29) is 5.82 Å². The Kier molecular flexibility index (Phi) is 4.05. The van der Waals surface area contributed by atoms with E-state index < -0.39 is 0 Å². The quantitative estimate of drug-likeness (QED) is 0.586. The molecule has 1 aromatic carbocycles. The minimum atomic E-state index is -0.350. The zero-order valence-electron chi connectivity index (χ0n) is 7.88. The van der Waals surface area contributed by atoms with Gasteiger partial charge in [0.25, 0.3) is 0 Å². The molecule has 3 nitrogen and oxygen atoms in total. The average molecular weight is 194 g/mol. The predicted molar refractivity (Wildman–Crippen MR) is 49.6 cm³/mol. The SMILES string of the molecule is CCONCc1cc(F)ccc1C#N. The molecular formula is C10H11FN2O. The topological polar surface area (TPSA) is 45.0 Å². The highest BCUT2D eigenvalue weighted by atomic mass is 19.1. The van der Waals surface area contributed by atoms with Crippen LogP contribution in [0.5, 0.6) is 0 Å². The van der Waals surface area contributed by atoms with Gasteiger partial charge < -0.3 is 4.84 Å². The highest BCUT2D eigenvalue weighted by Crippen LogP contribution is 2.09. The Morgan fingerprint density at radius 2 is 2.36 bits per heavy atom. The van der Waals surface area contributed by atoms with Crippen molar-refractivity contribution in [1.29, 1.82) is 5.26 Å². The fourth-order valence-electron chi connectivity index (χ4n) is 1.05. The van der Waals surface area contributed by atoms with Gasteiger partial charge in [0.15, 0.2) is 0 Å². The van der Waals surface area contributed by atoms with E-state index in [0.29, 0.717) is 24.3 Å².